The average molecular weight is 430 g/mol. The number of anilines is 2. The van der Waals surface area contributed by atoms with Gasteiger partial charge >= 0.3 is 0 Å². The van der Waals surface area contributed by atoms with E-state index in [1.54, 1.807) is 22.5 Å². The van der Waals surface area contributed by atoms with Gasteiger partial charge < -0.3 is 14.5 Å². The molecule has 0 spiro atoms. The van der Waals surface area contributed by atoms with E-state index in [2.05, 4.69) is 14.8 Å². The van der Waals surface area contributed by atoms with Gasteiger partial charge in [-0.2, -0.15) is 9.29 Å². The molecule has 2 saturated heterocycles. The van der Waals surface area contributed by atoms with E-state index in [9.17, 15) is 8.42 Å². The van der Waals surface area contributed by atoms with E-state index in [-0.39, 0.29) is 0 Å². The number of hydrogen-bond acceptors (Lipinski definition) is 7. The first-order valence-corrected chi connectivity index (χ1v) is 12.1. The molecule has 0 saturated carbocycles. The number of piperazine rings is 1. The number of nitrogens with zero attached hydrogens (tertiary/aromatic N) is 5. The molecule has 160 valence electrons. The van der Waals surface area contributed by atoms with E-state index >= 15 is 0 Å². The molecule has 2 fully saturated rings. The summed E-state index contributed by atoms with van der Waals surface area (Å²) in [5, 5.41) is 0. The van der Waals surface area contributed by atoms with E-state index in [1.165, 1.54) is 12.8 Å². The molecule has 1 aromatic carbocycles. The van der Waals surface area contributed by atoms with Crippen molar-refractivity contribution in [1.82, 2.24) is 14.3 Å². The van der Waals surface area contributed by atoms with Crippen LogP contribution in [0.5, 0.6) is 5.75 Å². The van der Waals surface area contributed by atoms with Crippen LogP contribution in [0.1, 0.15) is 24.1 Å². The average Bonchev–Trinajstić information content (AvgIpc) is 3.45. The zero-order valence-corrected chi connectivity index (χ0v) is 18.1. The van der Waals surface area contributed by atoms with Crippen molar-refractivity contribution in [2.75, 3.05) is 55.7 Å². The number of aryl methyl sites for hydroxylation is 1. The fraction of sp³-hybridized carbons (Fsp3) is 0.524. The van der Waals surface area contributed by atoms with Gasteiger partial charge in [-0.3, -0.25) is 0 Å². The Morgan fingerprint density at radius 1 is 0.933 bits per heavy atom. The second kappa shape index (κ2) is 7.70. The molecule has 0 aliphatic carbocycles. The monoisotopic (exact) mass is 429 g/mol. The van der Waals surface area contributed by atoms with Crippen LogP contribution in [-0.2, 0) is 16.4 Å². The van der Waals surface area contributed by atoms with Crippen LogP contribution >= 0.6 is 0 Å². The molecule has 0 atom stereocenters. The molecule has 2 aromatic rings. The summed E-state index contributed by atoms with van der Waals surface area (Å²) in [4.78, 5) is 14.1. The van der Waals surface area contributed by atoms with E-state index in [4.69, 9.17) is 9.72 Å². The molecule has 5 rings (SSSR count). The zero-order chi connectivity index (χ0) is 20.7. The number of benzene rings is 1. The summed E-state index contributed by atoms with van der Waals surface area (Å²) in [5.74, 6) is 2.47. The topological polar surface area (TPSA) is 78.9 Å². The Morgan fingerprint density at radius 3 is 2.47 bits per heavy atom. The minimum absolute atomic E-state index is 0.350. The molecule has 0 bridgehead atoms. The Labute approximate surface area is 177 Å². The van der Waals surface area contributed by atoms with Crippen LogP contribution in [0.3, 0.4) is 0 Å². The lowest BCUT2D eigenvalue weighted by Crippen LogP contribution is -2.49. The lowest BCUT2D eigenvalue weighted by molar-refractivity contribution is 0.356. The first kappa shape index (κ1) is 19.6. The van der Waals surface area contributed by atoms with Crippen molar-refractivity contribution in [3.8, 4) is 5.75 Å². The molecular weight excluding hydrogens is 402 g/mol. The molecule has 9 heteroatoms. The summed E-state index contributed by atoms with van der Waals surface area (Å²) >= 11 is 0. The molecule has 8 nitrogen and oxygen atoms in total. The van der Waals surface area contributed by atoms with Crippen molar-refractivity contribution in [1.29, 1.82) is 0 Å². The quantitative estimate of drug-likeness (QED) is 0.734. The van der Waals surface area contributed by atoms with Crippen molar-refractivity contribution in [3.63, 3.8) is 0 Å². The number of sulfonamides is 1. The highest BCUT2D eigenvalue weighted by Crippen LogP contribution is 2.29. The fourth-order valence-electron chi connectivity index (χ4n) is 4.39. The maximum atomic E-state index is 13.1. The Balaban J connectivity index is 1.30. The highest BCUT2D eigenvalue weighted by atomic mass is 32.2. The highest BCUT2D eigenvalue weighted by molar-refractivity contribution is 7.89. The van der Waals surface area contributed by atoms with E-state index in [1.807, 2.05) is 13.0 Å². The van der Waals surface area contributed by atoms with Crippen molar-refractivity contribution >= 4 is 21.8 Å². The molecule has 4 heterocycles. The second-order valence-corrected chi connectivity index (χ2v) is 10.1. The normalized spacial score (nSPS) is 19.8. The molecule has 3 aliphatic rings. The number of hydrogen-bond donors (Lipinski definition) is 0. The standard InChI is InChI=1S/C21H27N5O3S/c1-16-14-20(24-7-2-3-8-24)23-21(22-16)25-9-11-26(12-10-25)30(27,28)18-4-5-19-17(15-18)6-13-29-19/h4-5,14-15H,2-3,6-13H2,1H3. The third-order valence-electron chi connectivity index (χ3n) is 6.08. The second-order valence-electron chi connectivity index (χ2n) is 8.12. The smallest absolute Gasteiger partial charge is 0.243 e. The predicted octanol–water partition coefficient (Wildman–Crippen LogP) is 1.83. The lowest BCUT2D eigenvalue weighted by atomic mass is 10.2. The van der Waals surface area contributed by atoms with Gasteiger partial charge in [-0.1, -0.05) is 0 Å². The minimum Gasteiger partial charge on any atom is -0.493 e. The van der Waals surface area contributed by atoms with Crippen LogP contribution < -0.4 is 14.5 Å². The molecule has 0 radical (unpaired) electrons. The Hall–Kier alpha value is -2.39. The van der Waals surface area contributed by atoms with Gasteiger partial charge in [0.05, 0.1) is 11.5 Å². The summed E-state index contributed by atoms with van der Waals surface area (Å²) in [7, 11) is -3.52. The van der Waals surface area contributed by atoms with Gasteiger partial charge in [0.1, 0.15) is 11.6 Å². The van der Waals surface area contributed by atoms with Crippen molar-refractivity contribution in [2.24, 2.45) is 0 Å². The number of fused-ring (bicyclic) bond motifs is 1. The van der Waals surface area contributed by atoms with Crippen LogP contribution in [-0.4, -0.2) is 68.6 Å². The molecule has 0 N–H and O–H groups in total. The summed E-state index contributed by atoms with van der Waals surface area (Å²) in [6, 6.07) is 7.22. The molecule has 30 heavy (non-hydrogen) atoms. The SMILES string of the molecule is Cc1cc(N2CCCC2)nc(N2CCN(S(=O)(=O)c3ccc4c(c3)CCO4)CC2)n1. The van der Waals surface area contributed by atoms with Crippen molar-refractivity contribution in [3.05, 3.63) is 35.5 Å². The zero-order valence-electron chi connectivity index (χ0n) is 17.2. The third-order valence-corrected chi connectivity index (χ3v) is 7.97. The van der Waals surface area contributed by atoms with Crippen LogP contribution in [0.15, 0.2) is 29.2 Å². The molecule has 0 unspecified atom stereocenters. The van der Waals surface area contributed by atoms with E-state index < -0.39 is 10.0 Å². The molecule has 0 amide bonds. The summed E-state index contributed by atoms with van der Waals surface area (Å²) in [6.45, 7) is 6.68. The van der Waals surface area contributed by atoms with Gasteiger partial charge in [0.2, 0.25) is 16.0 Å². The van der Waals surface area contributed by atoms with Crippen molar-refractivity contribution in [2.45, 2.75) is 31.1 Å². The van der Waals surface area contributed by atoms with Crippen LogP contribution in [0, 0.1) is 6.92 Å². The van der Waals surface area contributed by atoms with Gasteiger partial charge in [-0.15, -0.1) is 0 Å². The highest BCUT2D eigenvalue weighted by Gasteiger charge is 2.30. The van der Waals surface area contributed by atoms with Gasteiger partial charge in [-0.25, -0.2) is 13.4 Å². The summed E-state index contributed by atoms with van der Waals surface area (Å²) in [6.07, 6.45) is 3.16. The van der Waals surface area contributed by atoms with Crippen LogP contribution in [0.25, 0.3) is 0 Å². The molecule has 3 aliphatic heterocycles. The Kier molecular flexibility index (Phi) is 5.02. The van der Waals surface area contributed by atoms with Gasteiger partial charge in [0.25, 0.3) is 0 Å². The van der Waals surface area contributed by atoms with Crippen LogP contribution in [0.2, 0.25) is 0 Å². The van der Waals surface area contributed by atoms with Crippen LogP contribution in [0.4, 0.5) is 11.8 Å². The van der Waals surface area contributed by atoms with Gasteiger partial charge in [0, 0.05) is 57.4 Å². The maximum absolute atomic E-state index is 13.1. The van der Waals surface area contributed by atoms with Gasteiger partial charge in [-0.05, 0) is 43.5 Å². The molecule has 1 aromatic heterocycles. The summed E-state index contributed by atoms with van der Waals surface area (Å²) < 4.78 is 33.3. The first-order chi connectivity index (χ1) is 14.5. The Bertz CT molecular complexity index is 1040. The first-order valence-electron chi connectivity index (χ1n) is 10.6. The minimum atomic E-state index is -3.52. The van der Waals surface area contributed by atoms with Crippen molar-refractivity contribution < 1.29 is 13.2 Å². The van der Waals surface area contributed by atoms with Gasteiger partial charge in [0.15, 0.2) is 0 Å². The maximum Gasteiger partial charge on any atom is 0.243 e. The largest absolute Gasteiger partial charge is 0.493 e. The number of ether oxygens (including phenoxy) is 1. The lowest BCUT2D eigenvalue weighted by Gasteiger charge is -2.34. The van der Waals surface area contributed by atoms with E-state index in [0.29, 0.717) is 43.6 Å². The van der Waals surface area contributed by atoms with E-state index in [0.717, 1.165) is 42.3 Å². The fourth-order valence-corrected chi connectivity index (χ4v) is 5.86. The Morgan fingerprint density at radius 2 is 1.70 bits per heavy atom. The number of aromatic nitrogens is 2. The summed E-state index contributed by atoms with van der Waals surface area (Å²) in [5.41, 5.74) is 1.91. The molecular formula is C21H27N5O3S. The third kappa shape index (κ3) is 3.60. The predicted molar refractivity (Wildman–Crippen MR) is 115 cm³/mol. The number of rotatable bonds is 4.